The van der Waals surface area contributed by atoms with Gasteiger partial charge in [-0.1, -0.05) is 17.7 Å². The molecule has 0 unspecified atom stereocenters. The summed E-state index contributed by atoms with van der Waals surface area (Å²) in [7, 11) is 0. The zero-order chi connectivity index (χ0) is 27.7. The second-order valence-corrected chi connectivity index (χ2v) is 10.7. The quantitative estimate of drug-likeness (QED) is 0.437. The number of fused-ring (bicyclic) bond motifs is 1. The number of nitrogens with zero attached hydrogens (tertiary/aromatic N) is 3. The zero-order valence-corrected chi connectivity index (χ0v) is 22.4. The van der Waals surface area contributed by atoms with Crippen molar-refractivity contribution in [2.24, 2.45) is 0 Å². The molecule has 3 aromatic rings. The lowest BCUT2D eigenvalue weighted by atomic mass is 9.92. The van der Waals surface area contributed by atoms with E-state index >= 15 is 0 Å². The number of pyridine rings is 1. The number of amides is 1. The molecule has 1 aromatic heterocycles. The normalized spacial score (nSPS) is 17.7. The maximum atomic E-state index is 14.2. The number of aliphatic hydroxyl groups is 1. The summed E-state index contributed by atoms with van der Waals surface area (Å²) in [5.74, 6) is -1.24. The number of halogens is 3. The Kier molecular flexibility index (Phi) is 8.18. The van der Waals surface area contributed by atoms with Crippen molar-refractivity contribution in [2.45, 2.75) is 38.3 Å². The monoisotopic (exact) mass is 560 g/mol. The predicted octanol–water partition coefficient (Wildman–Crippen LogP) is 3.67. The Hall–Kier alpha value is -3.05. The number of hydrogen-bond acceptors (Lipinski definition) is 6. The van der Waals surface area contributed by atoms with Crippen LogP contribution < -0.4 is 15.6 Å². The van der Waals surface area contributed by atoms with Gasteiger partial charge in [0.05, 0.1) is 10.5 Å². The Bertz CT molecular complexity index is 1440. The van der Waals surface area contributed by atoms with Crippen LogP contribution in [0.2, 0.25) is 5.02 Å². The molecule has 1 saturated heterocycles. The van der Waals surface area contributed by atoms with Gasteiger partial charge in [-0.3, -0.25) is 19.9 Å². The first kappa shape index (κ1) is 27.5. The molecule has 1 amide bonds. The van der Waals surface area contributed by atoms with Crippen LogP contribution in [-0.2, 0) is 0 Å². The molecule has 0 radical (unpaired) electrons. The number of carbonyl (C=O) groups is 1. The van der Waals surface area contributed by atoms with Gasteiger partial charge in [0.15, 0.2) is 0 Å². The number of nitrogens with one attached hydrogen (secondary N) is 1. The summed E-state index contributed by atoms with van der Waals surface area (Å²) >= 11 is 5.99. The first-order valence-corrected chi connectivity index (χ1v) is 13.5. The van der Waals surface area contributed by atoms with E-state index in [0.717, 1.165) is 25.3 Å². The summed E-state index contributed by atoms with van der Waals surface area (Å²) in [5.41, 5.74) is 3.28. The van der Waals surface area contributed by atoms with E-state index in [1.54, 1.807) is 30.3 Å². The number of β-amino-alcohol motifs (C(OH)–C–C–N with tert-alkyl or cyclic N) is 1. The third-order valence-corrected chi connectivity index (χ3v) is 7.76. The van der Waals surface area contributed by atoms with Crippen LogP contribution in [0.4, 0.5) is 8.78 Å². The van der Waals surface area contributed by atoms with Gasteiger partial charge in [-0.15, -0.1) is 0 Å². The summed E-state index contributed by atoms with van der Waals surface area (Å²) in [6.45, 7) is 4.17. The number of rotatable bonds is 8. The van der Waals surface area contributed by atoms with Crippen LogP contribution in [0.5, 0.6) is 5.75 Å². The molecule has 5 rings (SSSR count). The molecule has 11 heteroatoms. The highest BCUT2D eigenvalue weighted by Gasteiger charge is 2.26. The highest BCUT2D eigenvalue weighted by molar-refractivity contribution is 6.31. The highest BCUT2D eigenvalue weighted by atomic mass is 35.5. The van der Waals surface area contributed by atoms with E-state index in [2.05, 4.69) is 5.43 Å². The second kappa shape index (κ2) is 11.6. The van der Waals surface area contributed by atoms with Crippen molar-refractivity contribution in [3.05, 3.63) is 74.5 Å². The fourth-order valence-electron chi connectivity index (χ4n) is 4.93. The number of hydrazine groups is 1. The number of hydrogen-bond donors (Lipinski definition) is 2. The molecule has 0 bridgehead atoms. The standard InChI is InChI=1S/C28H31ClF2N4O4/c1-17-5-6-20(11-24(17)30)39-16-19(36)14-33-7-9-34(10-8-33)32-28(38)22-15-35(18-3-2-4-18)26-13-23(29)25(31)12-21(26)27(22)37/h5-6,11-13,15,18-19,36H,2-4,7-10,14,16H2,1H3,(H,32,38)/t19-/m0/s1. The molecule has 2 fully saturated rings. The topological polar surface area (TPSA) is 87.0 Å². The van der Waals surface area contributed by atoms with Crippen LogP contribution in [0.3, 0.4) is 0 Å². The highest BCUT2D eigenvalue weighted by Crippen LogP contribution is 2.34. The third-order valence-electron chi connectivity index (χ3n) is 7.47. The van der Waals surface area contributed by atoms with Gasteiger partial charge >= 0.3 is 0 Å². The van der Waals surface area contributed by atoms with Crippen molar-refractivity contribution in [3.63, 3.8) is 0 Å². The molecule has 2 aliphatic rings. The van der Waals surface area contributed by atoms with Crippen molar-refractivity contribution in [2.75, 3.05) is 39.3 Å². The first-order chi connectivity index (χ1) is 18.7. The Morgan fingerprint density at radius 1 is 1.15 bits per heavy atom. The Morgan fingerprint density at radius 3 is 2.56 bits per heavy atom. The molecule has 2 heterocycles. The number of ether oxygens (including phenoxy) is 1. The van der Waals surface area contributed by atoms with E-state index in [1.165, 1.54) is 12.1 Å². The van der Waals surface area contributed by atoms with Gasteiger partial charge in [-0.25, -0.2) is 13.8 Å². The molecule has 0 spiro atoms. The van der Waals surface area contributed by atoms with E-state index in [1.807, 2.05) is 9.47 Å². The molecule has 2 aromatic carbocycles. The average molecular weight is 561 g/mol. The minimum atomic E-state index is -0.771. The number of benzene rings is 2. The van der Waals surface area contributed by atoms with Crippen molar-refractivity contribution >= 4 is 28.4 Å². The molecular weight excluding hydrogens is 530 g/mol. The fourth-order valence-corrected chi connectivity index (χ4v) is 5.08. The van der Waals surface area contributed by atoms with E-state index in [-0.39, 0.29) is 34.4 Å². The molecule has 1 saturated carbocycles. The Morgan fingerprint density at radius 2 is 1.90 bits per heavy atom. The molecule has 39 heavy (non-hydrogen) atoms. The molecule has 1 aliphatic heterocycles. The Balaban J connectivity index is 1.18. The van der Waals surface area contributed by atoms with E-state index in [9.17, 15) is 23.5 Å². The first-order valence-electron chi connectivity index (χ1n) is 13.1. The van der Waals surface area contributed by atoms with E-state index in [0.29, 0.717) is 49.6 Å². The zero-order valence-electron chi connectivity index (χ0n) is 21.6. The third kappa shape index (κ3) is 6.09. The summed E-state index contributed by atoms with van der Waals surface area (Å²) in [4.78, 5) is 28.3. The van der Waals surface area contributed by atoms with Crippen LogP contribution in [0, 0.1) is 18.6 Å². The van der Waals surface area contributed by atoms with E-state index < -0.39 is 23.3 Å². The van der Waals surface area contributed by atoms with Crippen LogP contribution in [0.15, 0.2) is 41.3 Å². The van der Waals surface area contributed by atoms with Crippen LogP contribution in [-0.4, -0.2) is 70.9 Å². The minimum Gasteiger partial charge on any atom is -0.491 e. The SMILES string of the molecule is Cc1ccc(OC[C@@H](O)CN2CCN(NC(=O)c3cn(C4CCC4)c4cc(Cl)c(F)cc4c3=O)CC2)cc1F. The van der Waals surface area contributed by atoms with Gasteiger partial charge in [0.25, 0.3) is 5.91 Å². The number of piperazine rings is 1. The molecule has 208 valence electrons. The smallest absolute Gasteiger partial charge is 0.271 e. The number of aromatic nitrogens is 1. The summed E-state index contributed by atoms with van der Waals surface area (Å²) in [6.07, 6.45) is 3.66. The van der Waals surface area contributed by atoms with Gasteiger partial charge in [0.1, 0.15) is 35.7 Å². The maximum absolute atomic E-state index is 14.2. The van der Waals surface area contributed by atoms with Crippen molar-refractivity contribution in [1.29, 1.82) is 0 Å². The van der Waals surface area contributed by atoms with Gasteiger partial charge in [-0.2, -0.15) is 0 Å². The van der Waals surface area contributed by atoms with Crippen LogP contribution in [0.25, 0.3) is 10.9 Å². The summed E-state index contributed by atoms with van der Waals surface area (Å²) < 4.78 is 35.3. The minimum absolute atomic E-state index is 0.0283. The van der Waals surface area contributed by atoms with Crippen LogP contribution >= 0.6 is 11.6 Å². The molecule has 1 atom stereocenters. The number of carbonyl (C=O) groups excluding carboxylic acids is 1. The largest absolute Gasteiger partial charge is 0.491 e. The lowest BCUT2D eigenvalue weighted by Crippen LogP contribution is -2.55. The fraction of sp³-hybridized carbons (Fsp3) is 0.429. The van der Waals surface area contributed by atoms with Crippen molar-refractivity contribution in [1.82, 2.24) is 19.9 Å². The maximum Gasteiger partial charge on any atom is 0.271 e. The van der Waals surface area contributed by atoms with Crippen molar-refractivity contribution in [3.8, 4) is 5.75 Å². The molecule has 1 aliphatic carbocycles. The lowest BCUT2D eigenvalue weighted by Gasteiger charge is -2.35. The van der Waals surface area contributed by atoms with Gasteiger partial charge < -0.3 is 14.4 Å². The lowest BCUT2D eigenvalue weighted by molar-refractivity contribution is 0.0316. The van der Waals surface area contributed by atoms with Crippen LogP contribution in [0.1, 0.15) is 41.2 Å². The van der Waals surface area contributed by atoms with Gasteiger partial charge in [0, 0.05) is 56.4 Å². The number of aliphatic hydroxyl groups excluding tert-OH is 1. The van der Waals surface area contributed by atoms with E-state index in [4.69, 9.17) is 16.3 Å². The molecular formula is C28H31ClF2N4O4. The summed E-state index contributed by atoms with van der Waals surface area (Å²) in [5, 5.41) is 12.2. The molecule has 8 nitrogen and oxygen atoms in total. The van der Waals surface area contributed by atoms with Gasteiger partial charge in [0.2, 0.25) is 5.43 Å². The van der Waals surface area contributed by atoms with Gasteiger partial charge in [-0.05, 0) is 49.9 Å². The average Bonchev–Trinajstić information content (AvgIpc) is 2.87. The summed E-state index contributed by atoms with van der Waals surface area (Å²) in [6, 6.07) is 7.27. The number of aryl methyl sites for hydroxylation is 1. The second-order valence-electron chi connectivity index (χ2n) is 10.3. The Labute approximate surface area is 229 Å². The predicted molar refractivity (Wildman–Crippen MR) is 144 cm³/mol. The van der Waals surface area contributed by atoms with Crippen molar-refractivity contribution < 1.29 is 23.4 Å². The molecule has 2 N–H and O–H groups in total.